The van der Waals surface area contributed by atoms with E-state index in [1.54, 1.807) is 18.2 Å². The van der Waals surface area contributed by atoms with Crippen LogP contribution in [-0.2, 0) is 0 Å². The van der Waals surface area contributed by atoms with Crippen molar-refractivity contribution in [3.63, 3.8) is 0 Å². The summed E-state index contributed by atoms with van der Waals surface area (Å²) in [5.74, 6) is -2.55. The molecular formula is C10H11ClF2O. The minimum atomic E-state index is -2.84. The van der Waals surface area contributed by atoms with E-state index in [1.807, 2.05) is 6.92 Å². The molecule has 0 aliphatic carbocycles. The van der Waals surface area contributed by atoms with Gasteiger partial charge in [0, 0.05) is 6.92 Å². The predicted molar refractivity (Wildman–Crippen MR) is 52.3 cm³/mol. The Hall–Kier alpha value is -0.830. The number of alkyl halides is 2. The number of benzene rings is 1. The third-order valence-corrected chi connectivity index (χ3v) is 1.86. The lowest BCUT2D eigenvalue weighted by molar-refractivity contribution is -0.0229. The first kappa shape index (κ1) is 11.2. The number of halogens is 3. The smallest absolute Gasteiger partial charge is 0.278 e. The van der Waals surface area contributed by atoms with Gasteiger partial charge in [-0.15, -0.1) is 0 Å². The lowest BCUT2D eigenvalue weighted by Gasteiger charge is -2.13. The number of hydrogen-bond donors (Lipinski definition) is 0. The third kappa shape index (κ3) is 3.50. The first-order valence-electron chi connectivity index (χ1n) is 4.15. The molecule has 0 spiro atoms. The molecular weight excluding hydrogens is 210 g/mol. The fourth-order valence-electron chi connectivity index (χ4n) is 0.927. The molecule has 0 unspecified atom stereocenters. The standard InChI is InChI=1S/C10H11ClF2O/c1-7-3-4-9(8(11)5-7)14-6-10(2,12)13/h3-5H,6H2,1-2H3. The van der Waals surface area contributed by atoms with Crippen LogP contribution in [0.5, 0.6) is 5.75 Å². The maximum atomic E-state index is 12.5. The molecule has 78 valence electrons. The van der Waals surface area contributed by atoms with Crippen LogP contribution in [0.25, 0.3) is 0 Å². The van der Waals surface area contributed by atoms with E-state index in [2.05, 4.69) is 0 Å². The second-order valence-corrected chi connectivity index (χ2v) is 3.70. The largest absolute Gasteiger partial charge is 0.486 e. The van der Waals surface area contributed by atoms with E-state index in [4.69, 9.17) is 16.3 Å². The quantitative estimate of drug-likeness (QED) is 0.755. The third-order valence-electron chi connectivity index (χ3n) is 1.57. The van der Waals surface area contributed by atoms with E-state index >= 15 is 0 Å². The maximum absolute atomic E-state index is 12.5. The highest BCUT2D eigenvalue weighted by molar-refractivity contribution is 6.32. The molecule has 4 heteroatoms. The van der Waals surface area contributed by atoms with E-state index in [-0.39, 0.29) is 0 Å². The van der Waals surface area contributed by atoms with Crippen molar-refractivity contribution in [2.24, 2.45) is 0 Å². The second kappa shape index (κ2) is 4.13. The van der Waals surface area contributed by atoms with E-state index in [1.165, 1.54) is 0 Å². The van der Waals surface area contributed by atoms with Crippen molar-refractivity contribution in [2.75, 3.05) is 6.61 Å². The summed E-state index contributed by atoms with van der Waals surface area (Å²) in [6, 6.07) is 5.02. The highest BCUT2D eigenvalue weighted by Gasteiger charge is 2.22. The molecule has 0 heterocycles. The summed E-state index contributed by atoms with van der Waals surface area (Å²) in [5, 5.41) is 0.356. The zero-order chi connectivity index (χ0) is 10.8. The van der Waals surface area contributed by atoms with Crippen LogP contribution in [0.3, 0.4) is 0 Å². The summed E-state index contributed by atoms with van der Waals surface area (Å²) in [4.78, 5) is 0. The highest BCUT2D eigenvalue weighted by atomic mass is 35.5. The highest BCUT2D eigenvalue weighted by Crippen LogP contribution is 2.26. The first-order valence-corrected chi connectivity index (χ1v) is 4.53. The Kier molecular flexibility index (Phi) is 3.32. The summed E-state index contributed by atoms with van der Waals surface area (Å²) in [6.07, 6.45) is 0. The van der Waals surface area contributed by atoms with Gasteiger partial charge in [0.05, 0.1) is 5.02 Å². The normalized spacial score (nSPS) is 11.5. The maximum Gasteiger partial charge on any atom is 0.278 e. The molecule has 0 N–H and O–H groups in total. The van der Waals surface area contributed by atoms with Crippen molar-refractivity contribution in [2.45, 2.75) is 19.8 Å². The van der Waals surface area contributed by atoms with Crippen molar-refractivity contribution < 1.29 is 13.5 Å². The second-order valence-electron chi connectivity index (χ2n) is 3.29. The van der Waals surface area contributed by atoms with Gasteiger partial charge < -0.3 is 4.74 Å². The van der Waals surface area contributed by atoms with E-state index in [0.717, 1.165) is 12.5 Å². The summed E-state index contributed by atoms with van der Waals surface area (Å²) in [6.45, 7) is 2.01. The molecule has 1 aromatic rings. The van der Waals surface area contributed by atoms with Crippen molar-refractivity contribution in [3.05, 3.63) is 28.8 Å². The Morgan fingerprint density at radius 2 is 2.07 bits per heavy atom. The van der Waals surface area contributed by atoms with Gasteiger partial charge in [-0.1, -0.05) is 17.7 Å². The monoisotopic (exact) mass is 220 g/mol. The molecule has 1 aromatic carbocycles. The van der Waals surface area contributed by atoms with Gasteiger partial charge in [0.15, 0.2) is 6.61 Å². The van der Waals surface area contributed by atoms with Crippen molar-refractivity contribution in [3.8, 4) is 5.75 Å². The summed E-state index contributed by atoms with van der Waals surface area (Å²) in [5.41, 5.74) is 0.964. The van der Waals surface area contributed by atoms with Gasteiger partial charge in [-0.3, -0.25) is 0 Å². The van der Waals surface area contributed by atoms with Crippen molar-refractivity contribution in [1.82, 2.24) is 0 Å². The zero-order valence-corrected chi connectivity index (χ0v) is 8.74. The van der Waals surface area contributed by atoms with Gasteiger partial charge in [0.2, 0.25) is 0 Å². The minimum Gasteiger partial charge on any atom is -0.486 e. The van der Waals surface area contributed by atoms with Crippen LogP contribution >= 0.6 is 11.6 Å². The van der Waals surface area contributed by atoms with E-state index in [0.29, 0.717) is 10.8 Å². The molecule has 0 bridgehead atoms. The number of rotatable bonds is 3. The van der Waals surface area contributed by atoms with Crippen molar-refractivity contribution >= 4 is 11.6 Å². The van der Waals surface area contributed by atoms with Gasteiger partial charge in [-0.05, 0) is 24.6 Å². The molecule has 0 radical (unpaired) electrons. The van der Waals surface area contributed by atoms with Crippen LogP contribution in [0.15, 0.2) is 18.2 Å². The molecule has 1 nitrogen and oxygen atoms in total. The van der Waals surface area contributed by atoms with Gasteiger partial charge in [-0.2, -0.15) is 0 Å². The van der Waals surface area contributed by atoms with Gasteiger partial charge in [0.25, 0.3) is 5.92 Å². The molecule has 0 saturated carbocycles. The fraction of sp³-hybridized carbons (Fsp3) is 0.400. The van der Waals surface area contributed by atoms with Crippen LogP contribution in [0.2, 0.25) is 5.02 Å². The van der Waals surface area contributed by atoms with Gasteiger partial charge in [0.1, 0.15) is 5.75 Å². The average Bonchev–Trinajstić information content (AvgIpc) is 2.00. The Morgan fingerprint density at radius 1 is 1.43 bits per heavy atom. The molecule has 0 saturated heterocycles. The lowest BCUT2D eigenvalue weighted by Crippen LogP contribution is -2.20. The SMILES string of the molecule is Cc1ccc(OCC(C)(F)F)c(Cl)c1. The molecule has 14 heavy (non-hydrogen) atoms. The Labute approximate surface area is 86.6 Å². The summed E-state index contributed by atoms with van der Waals surface area (Å²) in [7, 11) is 0. The van der Waals surface area contributed by atoms with Gasteiger partial charge >= 0.3 is 0 Å². The number of hydrogen-bond acceptors (Lipinski definition) is 1. The predicted octanol–water partition coefficient (Wildman–Crippen LogP) is 3.68. The molecule has 0 aliphatic heterocycles. The van der Waals surface area contributed by atoms with Crippen molar-refractivity contribution in [1.29, 1.82) is 0 Å². The number of ether oxygens (including phenoxy) is 1. The minimum absolute atomic E-state index is 0.291. The van der Waals surface area contributed by atoms with Crippen LogP contribution in [0.4, 0.5) is 8.78 Å². The first-order chi connectivity index (χ1) is 6.38. The van der Waals surface area contributed by atoms with Crippen LogP contribution in [0, 0.1) is 6.92 Å². The summed E-state index contributed by atoms with van der Waals surface area (Å²) < 4.78 is 29.8. The lowest BCUT2D eigenvalue weighted by atomic mass is 10.2. The molecule has 0 fully saturated rings. The van der Waals surface area contributed by atoms with Gasteiger partial charge in [-0.25, -0.2) is 8.78 Å². The van der Waals surface area contributed by atoms with Crippen LogP contribution in [-0.4, -0.2) is 12.5 Å². The Balaban J connectivity index is 2.68. The van der Waals surface area contributed by atoms with E-state index in [9.17, 15) is 8.78 Å². The van der Waals surface area contributed by atoms with E-state index < -0.39 is 12.5 Å². The Morgan fingerprint density at radius 3 is 2.57 bits per heavy atom. The topological polar surface area (TPSA) is 9.23 Å². The van der Waals surface area contributed by atoms with Crippen LogP contribution in [0.1, 0.15) is 12.5 Å². The molecule has 0 amide bonds. The summed E-state index contributed by atoms with van der Waals surface area (Å²) >= 11 is 5.79. The zero-order valence-electron chi connectivity index (χ0n) is 7.98. The molecule has 0 atom stereocenters. The molecule has 0 aliphatic rings. The average molecular weight is 221 g/mol. The fourth-order valence-corrected chi connectivity index (χ4v) is 1.22. The number of aryl methyl sites for hydroxylation is 1. The Bertz CT molecular complexity index is 320. The molecule has 0 aromatic heterocycles. The molecule has 1 rings (SSSR count). The van der Waals surface area contributed by atoms with Crippen LogP contribution < -0.4 is 4.74 Å².